The molecule has 0 radical (unpaired) electrons. The molecule has 1 unspecified atom stereocenters. The SMILES string of the molecule is CCOC(=O)NCC(Cc1ccc(C)cc1)n1c(=NC(=O)O)n(Cc2ccc(C)cc2)c2ccccc21. The van der Waals surface area contributed by atoms with Gasteiger partial charge in [0.05, 0.1) is 30.2 Å². The van der Waals surface area contributed by atoms with Crippen molar-refractivity contribution in [2.45, 2.75) is 39.8 Å². The van der Waals surface area contributed by atoms with E-state index >= 15 is 0 Å². The van der Waals surface area contributed by atoms with Crippen LogP contribution in [0.2, 0.25) is 0 Å². The highest BCUT2D eigenvalue weighted by Gasteiger charge is 2.22. The summed E-state index contributed by atoms with van der Waals surface area (Å²) in [6.45, 7) is 6.75. The first-order valence-corrected chi connectivity index (χ1v) is 12.3. The average molecular weight is 501 g/mol. The number of nitrogens with zero attached hydrogens (tertiary/aromatic N) is 3. The second-order valence-electron chi connectivity index (χ2n) is 9.07. The summed E-state index contributed by atoms with van der Waals surface area (Å²) in [7, 11) is 0. The number of amides is 2. The third-order valence-electron chi connectivity index (χ3n) is 6.26. The van der Waals surface area contributed by atoms with E-state index in [1.165, 1.54) is 0 Å². The summed E-state index contributed by atoms with van der Waals surface area (Å²) < 4.78 is 8.93. The van der Waals surface area contributed by atoms with E-state index in [0.29, 0.717) is 18.6 Å². The molecule has 8 heteroatoms. The predicted molar refractivity (Wildman–Crippen MR) is 143 cm³/mol. The maximum atomic E-state index is 12.2. The number of carboxylic acid groups (broad SMARTS) is 1. The van der Waals surface area contributed by atoms with Crippen molar-refractivity contribution in [2.75, 3.05) is 13.2 Å². The summed E-state index contributed by atoms with van der Waals surface area (Å²) in [5, 5.41) is 12.6. The van der Waals surface area contributed by atoms with Crippen molar-refractivity contribution in [3.63, 3.8) is 0 Å². The van der Waals surface area contributed by atoms with Gasteiger partial charge >= 0.3 is 12.2 Å². The lowest BCUT2D eigenvalue weighted by molar-refractivity contribution is 0.150. The van der Waals surface area contributed by atoms with E-state index < -0.39 is 12.2 Å². The maximum absolute atomic E-state index is 12.2. The number of carbonyl (C=O) groups excluding carboxylic acids is 1. The largest absolute Gasteiger partial charge is 0.463 e. The molecule has 0 fully saturated rings. The van der Waals surface area contributed by atoms with E-state index in [9.17, 15) is 14.7 Å². The molecule has 0 bridgehead atoms. The fourth-order valence-corrected chi connectivity index (χ4v) is 4.47. The number of para-hydroxylation sites is 2. The van der Waals surface area contributed by atoms with Crippen molar-refractivity contribution >= 4 is 23.2 Å². The van der Waals surface area contributed by atoms with Crippen LogP contribution in [-0.4, -0.2) is 39.6 Å². The molecule has 1 aromatic heterocycles. The Morgan fingerprint density at radius 3 is 2.11 bits per heavy atom. The monoisotopic (exact) mass is 500 g/mol. The van der Waals surface area contributed by atoms with Crippen LogP contribution < -0.4 is 10.9 Å². The molecule has 3 aromatic carbocycles. The molecule has 0 spiro atoms. The normalized spacial score (nSPS) is 12.5. The highest BCUT2D eigenvalue weighted by molar-refractivity contribution is 5.77. The smallest absolute Gasteiger partial charge is 0.434 e. The van der Waals surface area contributed by atoms with Crippen molar-refractivity contribution in [3.8, 4) is 0 Å². The fourth-order valence-electron chi connectivity index (χ4n) is 4.47. The summed E-state index contributed by atoms with van der Waals surface area (Å²) in [5.74, 6) is 0. The number of aryl methyl sites for hydroxylation is 2. The molecule has 4 aromatic rings. The van der Waals surface area contributed by atoms with Gasteiger partial charge in [0.25, 0.3) is 0 Å². The molecule has 0 aliphatic rings. The zero-order valence-electron chi connectivity index (χ0n) is 21.3. The minimum absolute atomic E-state index is 0.234. The van der Waals surface area contributed by atoms with Crippen molar-refractivity contribution < 1.29 is 19.4 Å². The first kappa shape index (κ1) is 25.8. The quantitative estimate of drug-likeness (QED) is 0.347. The van der Waals surface area contributed by atoms with Gasteiger partial charge in [-0.3, -0.25) is 0 Å². The first-order valence-electron chi connectivity index (χ1n) is 12.3. The minimum atomic E-state index is -1.28. The average Bonchev–Trinajstić information content (AvgIpc) is 3.16. The van der Waals surface area contributed by atoms with Gasteiger partial charge in [0.2, 0.25) is 5.62 Å². The van der Waals surface area contributed by atoms with Crippen LogP contribution in [0.4, 0.5) is 9.59 Å². The maximum Gasteiger partial charge on any atom is 0.434 e. The molecule has 192 valence electrons. The number of imidazole rings is 1. The third-order valence-corrected chi connectivity index (χ3v) is 6.26. The van der Waals surface area contributed by atoms with E-state index in [0.717, 1.165) is 33.3 Å². The summed E-state index contributed by atoms with van der Waals surface area (Å²) in [6.07, 6.45) is -1.25. The third kappa shape index (κ3) is 6.27. The van der Waals surface area contributed by atoms with Crippen LogP contribution in [0.1, 0.15) is 35.2 Å². The lowest BCUT2D eigenvalue weighted by Crippen LogP contribution is -2.38. The molecule has 1 heterocycles. The van der Waals surface area contributed by atoms with Crippen LogP contribution in [0.15, 0.2) is 77.8 Å². The van der Waals surface area contributed by atoms with Gasteiger partial charge in [-0.15, -0.1) is 4.99 Å². The summed E-state index contributed by atoms with van der Waals surface area (Å²) in [4.78, 5) is 28.2. The highest BCUT2D eigenvalue weighted by atomic mass is 16.5. The molecule has 1 atom stereocenters. The van der Waals surface area contributed by atoms with Gasteiger partial charge in [-0.1, -0.05) is 71.8 Å². The molecule has 2 N–H and O–H groups in total. The molecular formula is C29H32N4O4. The van der Waals surface area contributed by atoms with E-state index in [-0.39, 0.29) is 19.2 Å². The summed E-state index contributed by atoms with van der Waals surface area (Å²) in [6, 6.07) is 23.7. The zero-order valence-corrected chi connectivity index (χ0v) is 21.3. The van der Waals surface area contributed by atoms with E-state index in [4.69, 9.17) is 4.74 Å². The number of hydrogen-bond donors (Lipinski definition) is 2. The van der Waals surface area contributed by atoms with E-state index in [2.05, 4.69) is 10.3 Å². The molecule has 0 saturated carbocycles. The number of alkyl carbamates (subject to hydrolysis) is 1. The Morgan fingerprint density at radius 2 is 1.51 bits per heavy atom. The van der Waals surface area contributed by atoms with Crippen LogP contribution in [0, 0.1) is 13.8 Å². The van der Waals surface area contributed by atoms with Crippen LogP contribution in [0.5, 0.6) is 0 Å². The Kier molecular flexibility index (Phi) is 8.08. The Bertz CT molecular complexity index is 1450. The fraction of sp³-hybridized carbons (Fsp3) is 0.276. The summed E-state index contributed by atoms with van der Waals surface area (Å²) in [5.41, 5.74) is 6.37. The van der Waals surface area contributed by atoms with Crippen LogP contribution in [-0.2, 0) is 17.7 Å². The topological polar surface area (TPSA) is 97.8 Å². The molecule has 2 amide bonds. The zero-order chi connectivity index (χ0) is 26.4. The van der Waals surface area contributed by atoms with Gasteiger partial charge in [0.15, 0.2) is 0 Å². The van der Waals surface area contributed by atoms with E-state index in [1.807, 2.05) is 95.8 Å². The number of ether oxygens (including phenoxy) is 1. The Balaban J connectivity index is 1.88. The second kappa shape index (κ2) is 11.6. The number of rotatable bonds is 8. The number of hydrogen-bond acceptors (Lipinski definition) is 3. The highest BCUT2D eigenvalue weighted by Crippen LogP contribution is 2.22. The Morgan fingerprint density at radius 1 is 0.919 bits per heavy atom. The van der Waals surface area contributed by atoms with Crippen molar-refractivity contribution in [3.05, 3.63) is 101 Å². The van der Waals surface area contributed by atoms with Crippen molar-refractivity contribution in [2.24, 2.45) is 4.99 Å². The number of nitrogens with one attached hydrogen (secondary N) is 1. The number of fused-ring (bicyclic) bond motifs is 1. The van der Waals surface area contributed by atoms with Gasteiger partial charge in [-0.25, -0.2) is 9.59 Å². The molecule has 4 rings (SSSR count). The number of benzene rings is 3. The van der Waals surface area contributed by atoms with Gasteiger partial charge in [-0.2, -0.15) is 0 Å². The lowest BCUT2D eigenvalue weighted by atomic mass is 10.0. The van der Waals surface area contributed by atoms with E-state index in [1.54, 1.807) is 6.92 Å². The van der Waals surface area contributed by atoms with Crippen LogP contribution in [0.3, 0.4) is 0 Å². The molecule has 0 aliphatic carbocycles. The Hall–Kier alpha value is -4.33. The van der Waals surface area contributed by atoms with Gasteiger partial charge in [0.1, 0.15) is 0 Å². The van der Waals surface area contributed by atoms with Crippen LogP contribution in [0.25, 0.3) is 11.0 Å². The molecule has 37 heavy (non-hydrogen) atoms. The minimum Gasteiger partial charge on any atom is -0.463 e. The van der Waals surface area contributed by atoms with Gasteiger partial charge in [0, 0.05) is 6.54 Å². The summed E-state index contributed by atoms with van der Waals surface area (Å²) >= 11 is 0. The molecule has 0 saturated heterocycles. The molecule has 8 nitrogen and oxygen atoms in total. The number of aromatic nitrogens is 2. The lowest BCUT2D eigenvalue weighted by Gasteiger charge is -2.21. The molecular weight excluding hydrogens is 468 g/mol. The van der Waals surface area contributed by atoms with Crippen molar-refractivity contribution in [1.29, 1.82) is 0 Å². The Labute approximate surface area is 215 Å². The predicted octanol–water partition coefficient (Wildman–Crippen LogP) is 5.22. The van der Waals surface area contributed by atoms with Crippen LogP contribution >= 0.6 is 0 Å². The standard InChI is InChI=1S/C29H32N4O4/c1-4-37-29(36)30-18-24(17-22-13-9-20(2)10-14-22)33-26-8-6-5-7-25(26)32(27(33)31-28(34)35)19-23-15-11-21(3)12-16-23/h5-16,24H,4,17-19H2,1-3H3,(H,30,36)(H,34,35). The second-order valence-corrected chi connectivity index (χ2v) is 9.07. The first-order chi connectivity index (χ1) is 17.9. The van der Waals surface area contributed by atoms with Gasteiger partial charge < -0.3 is 24.3 Å². The van der Waals surface area contributed by atoms with Gasteiger partial charge in [-0.05, 0) is 50.5 Å². The molecule has 0 aliphatic heterocycles. The van der Waals surface area contributed by atoms with Crippen molar-refractivity contribution in [1.82, 2.24) is 14.5 Å². The number of carbonyl (C=O) groups is 2.